The van der Waals surface area contributed by atoms with Crippen molar-refractivity contribution in [1.82, 2.24) is 0 Å². The molecule has 6 nitrogen and oxygen atoms in total. The van der Waals surface area contributed by atoms with Crippen molar-refractivity contribution in [3.8, 4) is 0 Å². The molecule has 0 N–H and O–H groups in total. The van der Waals surface area contributed by atoms with Crippen LogP contribution in [0.2, 0.25) is 0 Å². The number of rotatable bonds is 58. The topological polar surface area (TPSA) is 78.9 Å². The van der Waals surface area contributed by atoms with Gasteiger partial charge in [-0.15, -0.1) is 0 Å². The molecule has 0 spiro atoms. The van der Waals surface area contributed by atoms with E-state index in [1.165, 1.54) is 154 Å². The molecule has 0 rings (SSSR count). The van der Waals surface area contributed by atoms with Crippen molar-refractivity contribution < 1.29 is 28.6 Å². The fourth-order valence-electron chi connectivity index (χ4n) is 9.03. The van der Waals surface area contributed by atoms with E-state index >= 15 is 0 Å². The van der Waals surface area contributed by atoms with Gasteiger partial charge >= 0.3 is 17.9 Å². The van der Waals surface area contributed by atoms with Gasteiger partial charge in [0.15, 0.2) is 6.10 Å². The molecule has 0 bridgehead atoms. The van der Waals surface area contributed by atoms with Crippen molar-refractivity contribution in [1.29, 1.82) is 0 Å². The highest BCUT2D eigenvalue weighted by atomic mass is 16.6. The molecule has 1 unspecified atom stereocenters. The third-order valence-electron chi connectivity index (χ3n) is 13.8. The molecular weight excluding hydrogens is 937 g/mol. The van der Waals surface area contributed by atoms with Crippen LogP contribution in [0.15, 0.2) is 97.2 Å². The Kier molecular flexibility index (Phi) is 60.8. The first kappa shape index (κ1) is 72.3. The summed E-state index contributed by atoms with van der Waals surface area (Å²) in [7, 11) is 0. The van der Waals surface area contributed by atoms with Crippen LogP contribution in [-0.4, -0.2) is 37.2 Å². The minimum Gasteiger partial charge on any atom is -0.462 e. The van der Waals surface area contributed by atoms with Crippen LogP contribution in [0.5, 0.6) is 0 Å². The normalized spacial score (nSPS) is 12.7. The highest BCUT2D eigenvalue weighted by Crippen LogP contribution is 2.16. The third-order valence-corrected chi connectivity index (χ3v) is 13.8. The summed E-state index contributed by atoms with van der Waals surface area (Å²) in [6, 6.07) is 0. The summed E-state index contributed by atoms with van der Waals surface area (Å²) in [4.78, 5) is 38.3. The van der Waals surface area contributed by atoms with Gasteiger partial charge in [0.05, 0.1) is 0 Å². The number of ether oxygens (including phenoxy) is 3. The number of allylic oxidation sites excluding steroid dienone is 16. The van der Waals surface area contributed by atoms with Gasteiger partial charge in [-0.05, 0) is 116 Å². The van der Waals surface area contributed by atoms with E-state index in [1.54, 1.807) is 0 Å². The second kappa shape index (κ2) is 63.9. The van der Waals surface area contributed by atoms with Gasteiger partial charge in [-0.1, -0.05) is 272 Å². The van der Waals surface area contributed by atoms with E-state index in [9.17, 15) is 14.4 Å². The first-order valence-corrected chi connectivity index (χ1v) is 32.2. The molecule has 0 saturated carbocycles. The van der Waals surface area contributed by atoms with E-state index in [4.69, 9.17) is 14.2 Å². The van der Waals surface area contributed by atoms with E-state index in [0.717, 1.165) is 116 Å². The number of hydrogen-bond acceptors (Lipinski definition) is 6. The van der Waals surface area contributed by atoms with Crippen LogP contribution >= 0.6 is 0 Å². The summed E-state index contributed by atoms with van der Waals surface area (Å²) >= 11 is 0. The first-order chi connectivity index (χ1) is 37.5. The Labute approximate surface area is 470 Å². The Bertz CT molecular complexity index is 1490. The molecule has 0 aliphatic rings. The molecule has 0 aromatic heterocycles. The molecule has 436 valence electrons. The molecule has 1 atom stereocenters. The number of carbonyl (C=O) groups is 3. The SMILES string of the molecule is CC/C=C\C/C=C\C/C=C\C/C=C\CCCCCCCCCCCCCCCCC(=O)OCC(COC(=O)CCCCCCC/C=C\CCCCCCC)OC(=O)CCCCCCCCC/C=C\C/C=C\C/C=C\CC. The number of unbranched alkanes of at least 4 members (excludes halogenated alkanes) is 31. The van der Waals surface area contributed by atoms with Crippen LogP contribution in [0.1, 0.15) is 310 Å². The molecule has 0 aliphatic heterocycles. The maximum atomic E-state index is 12.9. The van der Waals surface area contributed by atoms with E-state index in [1.807, 2.05) is 0 Å². The predicted molar refractivity (Wildman–Crippen MR) is 330 cm³/mol. The maximum Gasteiger partial charge on any atom is 0.306 e. The van der Waals surface area contributed by atoms with Crippen LogP contribution in [0.4, 0.5) is 0 Å². The average molecular weight is 1060 g/mol. The van der Waals surface area contributed by atoms with Crippen molar-refractivity contribution in [2.45, 2.75) is 316 Å². The van der Waals surface area contributed by atoms with Crippen molar-refractivity contribution in [2.75, 3.05) is 13.2 Å². The molecule has 6 heteroatoms. The van der Waals surface area contributed by atoms with Crippen molar-refractivity contribution in [3.63, 3.8) is 0 Å². The van der Waals surface area contributed by atoms with Crippen LogP contribution in [-0.2, 0) is 28.6 Å². The number of hydrogen-bond donors (Lipinski definition) is 0. The molecular formula is C70H120O6. The highest BCUT2D eigenvalue weighted by molar-refractivity contribution is 5.71. The summed E-state index contributed by atoms with van der Waals surface area (Å²) in [6.07, 6.45) is 85.6. The van der Waals surface area contributed by atoms with Gasteiger partial charge in [-0.3, -0.25) is 14.4 Å². The molecule has 0 heterocycles. The molecule has 0 fully saturated rings. The standard InChI is InChI=1S/C70H120O6/c1-4-7-10-13-16-19-22-25-28-30-31-32-33-34-35-36-37-38-39-41-42-45-48-51-54-57-60-63-69(72)75-66-67(65-74-68(71)62-59-56-53-50-47-44-27-24-21-18-15-12-9-6-3)76-70(73)64-61-58-55-52-49-46-43-40-29-26-23-20-17-14-11-8-5-2/h7-8,10-11,16-17,19-20,24-29,31-32,67H,4-6,9,12-15,18,21-23,30,33-66H2,1-3H3/b10-7-,11-8-,19-16-,20-17-,27-24-,28-25-,29-26-,32-31-. The fraction of sp³-hybridized carbons (Fsp3) is 0.729. The van der Waals surface area contributed by atoms with Gasteiger partial charge in [0, 0.05) is 19.3 Å². The summed E-state index contributed by atoms with van der Waals surface area (Å²) in [5.41, 5.74) is 0. The maximum absolute atomic E-state index is 12.9. The van der Waals surface area contributed by atoms with Crippen molar-refractivity contribution in [3.05, 3.63) is 97.2 Å². The highest BCUT2D eigenvalue weighted by Gasteiger charge is 2.19. The van der Waals surface area contributed by atoms with E-state index in [-0.39, 0.29) is 31.1 Å². The largest absolute Gasteiger partial charge is 0.462 e. The van der Waals surface area contributed by atoms with Gasteiger partial charge < -0.3 is 14.2 Å². The monoisotopic (exact) mass is 1060 g/mol. The van der Waals surface area contributed by atoms with Crippen LogP contribution in [0, 0.1) is 0 Å². The van der Waals surface area contributed by atoms with E-state index in [0.29, 0.717) is 19.3 Å². The third kappa shape index (κ3) is 61.2. The summed E-state index contributed by atoms with van der Waals surface area (Å²) < 4.78 is 16.9. The second-order valence-electron chi connectivity index (χ2n) is 21.3. The summed E-state index contributed by atoms with van der Waals surface area (Å²) in [6.45, 7) is 6.42. The lowest BCUT2D eigenvalue weighted by Crippen LogP contribution is -2.30. The molecule has 0 radical (unpaired) electrons. The zero-order valence-corrected chi connectivity index (χ0v) is 50.0. The zero-order chi connectivity index (χ0) is 55.0. The Morgan fingerprint density at radius 2 is 0.513 bits per heavy atom. The van der Waals surface area contributed by atoms with Gasteiger partial charge in [0.2, 0.25) is 0 Å². The van der Waals surface area contributed by atoms with Crippen LogP contribution in [0.3, 0.4) is 0 Å². The Hall–Kier alpha value is -3.67. The van der Waals surface area contributed by atoms with Gasteiger partial charge in [-0.2, -0.15) is 0 Å². The van der Waals surface area contributed by atoms with Crippen LogP contribution in [0.25, 0.3) is 0 Å². The minimum atomic E-state index is -0.787. The van der Waals surface area contributed by atoms with Gasteiger partial charge in [-0.25, -0.2) is 0 Å². The summed E-state index contributed by atoms with van der Waals surface area (Å²) in [5.74, 6) is -0.892. The lowest BCUT2D eigenvalue weighted by atomic mass is 10.0. The molecule has 0 aromatic carbocycles. The first-order valence-electron chi connectivity index (χ1n) is 32.2. The molecule has 0 aliphatic carbocycles. The quantitative estimate of drug-likeness (QED) is 0.0261. The van der Waals surface area contributed by atoms with Gasteiger partial charge in [0.1, 0.15) is 13.2 Å². The summed E-state index contributed by atoms with van der Waals surface area (Å²) in [5, 5.41) is 0. The second-order valence-corrected chi connectivity index (χ2v) is 21.3. The zero-order valence-electron chi connectivity index (χ0n) is 50.0. The average Bonchev–Trinajstić information content (AvgIpc) is 3.42. The Morgan fingerprint density at radius 1 is 0.276 bits per heavy atom. The van der Waals surface area contributed by atoms with E-state index in [2.05, 4.69) is 118 Å². The number of carbonyl (C=O) groups excluding carboxylic acids is 3. The van der Waals surface area contributed by atoms with Crippen molar-refractivity contribution >= 4 is 17.9 Å². The molecule has 0 amide bonds. The van der Waals surface area contributed by atoms with E-state index < -0.39 is 6.10 Å². The van der Waals surface area contributed by atoms with Crippen molar-refractivity contribution in [2.24, 2.45) is 0 Å². The smallest absolute Gasteiger partial charge is 0.306 e. The lowest BCUT2D eigenvalue weighted by Gasteiger charge is -2.18. The lowest BCUT2D eigenvalue weighted by molar-refractivity contribution is -0.167. The molecule has 0 aromatic rings. The molecule has 0 saturated heterocycles. The Morgan fingerprint density at radius 3 is 0.816 bits per heavy atom. The van der Waals surface area contributed by atoms with Gasteiger partial charge in [0.25, 0.3) is 0 Å². The predicted octanol–water partition coefficient (Wildman–Crippen LogP) is 22.0. The van der Waals surface area contributed by atoms with Crippen LogP contribution < -0.4 is 0 Å². The Balaban J connectivity index is 4.29. The number of esters is 3. The minimum absolute atomic E-state index is 0.0830. The molecule has 76 heavy (non-hydrogen) atoms. The fourth-order valence-corrected chi connectivity index (χ4v) is 9.03.